The minimum Gasteiger partial charge on any atom is -0.497 e. The Morgan fingerprint density at radius 1 is 1.28 bits per heavy atom. The number of methoxy groups -OCH3 is 1. The number of hydrogen-bond acceptors (Lipinski definition) is 4. The zero-order valence-corrected chi connectivity index (χ0v) is 10.6. The van der Waals surface area contributed by atoms with Crippen LogP contribution in [0.4, 0.5) is 0 Å². The van der Waals surface area contributed by atoms with E-state index in [1.165, 1.54) is 6.26 Å². The lowest BCUT2D eigenvalue weighted by atomic mass is 10.1. The first kappa shape index (κ1) is 12.9. The fourth-order valence-corrected chi connectivity index (χ4v) is 1.86. The summed E-state index contributed by atoms with van der Waals surface area (Å²) in [5.41, 5.74) is 1.03. The van der Waals surface area contributed by atoms with Gasteiger partial charge in [-0.1, -0.05) is 12.1 Å². The molecule has 18 heavy (non-hydrogen) atoms. The van der Waals surface area contributed by atoms with Crippen molar-refractivity contribution in [2.45, 2.75) is 31.8 Å². The zero-order chi connectivity index (χ0) is 13.0. The average molecular weight is 250 g/mol. The summed E-state index contributed by atoms with van der Waals surface area (Å²) in [5, 5.41) is 9.79. The van der Waals surface area contributed by atoms with Crippen LogP contribution in [0.5, 0.6) is 5.75 Å². The highest BCUT2D eigenvalue weighted by Gasteiger charge is 2.28. The topological polar surface area (TPSA) is 47.9 Å². The van der Waals surface area contributed by atoms with E-state index in [-0.39, 0.29) is 12.2 Å². The molecule has 1 heterocycles. The second-order valence-electron chi connectivity index (χ2n) is 4.28. The Labute approximate surface area is 107 Å². The Balaban J connectivity index is 1.92. The van der Waals surface area contributed by atoms with Crippen LogP contribution in [-0.2, 0) is 16.1 Å². The van der Waals surface area contributed by atoms with Crippen molar-refractivity contribution < 1.29 is 19.3 Å². The van der Waals surface area contributed by atoms with Crippen LogP contribution in [0.3, 0.4) is 0 Å². The summed E-state index contributed by atoms with van der Waals surface area (Å²) in [6, 6.07) is 7.65. The highest BCUT2D eigenvalue weighted by atomic mass is 16.5. The van der Waals surface area contributed by atoms with Gasteiger partial charge in [0.15, 0.2) is 0 Å². The Kier molecular flexibility index (Phi) is 4.23. The van der Waals surface area contributed by atoms with Gasteiger partial charge in [-0.05, 0) is 30.7 Å². The number of ether oxygens (including phenoxy) is 3. The monoisotopic (exact) mass is 250 g/mol. The van der Waals surface area contributed by atoms with Crippen LogP contribution in [0.25, 0.3) is 0 Å². The summed E-state index contributed by atoms with van der Waals surface area (Å²) >= 11 is 0. The molecule has 0 saturated heterocycles. The lowest BCUT2D eigenvalue weighted by Crippen LogP contribution is -2.40. The van der Waals surface area contributed by atoms with Crippen molar-refractivity contribution in [1.29, 1.82) is 0 Å². The molecule has 1 aliphatic rings. The van der Waals surface area contributed by atoms with Crippen LogP contribution < -0.4 is 4.74 Å². The quantitative estimate of drug-likeness (QED) is 0.886. The fraction of sp³-hybridized carbons (Fsp3) is 0.429. The predicted molar refractivity (Wildman–Crippen MR) is 67.3 cm³/mol. The molecule has 3 atom stereocenters. The van der Waals surface area contributed by atoms with Crippen molar-refractivity contribution in [3.05, 3.63) is 42.2 Å². The third-order valence-electron chi connectivity index (χ3n) is 2.97. The molecule has 0 fully saturated rings. The first-order valence-corrected chi connectivity index (χ1v) is 5.95. The molecule has 98 valence electrons. The molecule has 1 aromatic rings. The molecule has 0 amide bonds. The van der Waals surface area contributed by atoms with Crippen molar-refractivity contribution in [2.75, 3.05) is 7.11 Å². The standard InChI is InChI=1S/C14H18O4/c1-10-14(13(15)7-8-17-10)18-9-11-3-5-12(16-2)6-4-11/h3-8,10,13-15H,9H2,1-2H3/t10-,13+,14-/m1/s1. The minimum absolute atomic E-state index is 0.150. The fourth-order valence-electron chi connectivity index (χ4n) is 1.86. The summed E-state index contributed by atoms with van der Waals surface area (Å²) < 4.78 is 16.1. The minimum atomic E-state index is -0.619. The molecular formula is C14H18O4. The number of rotatable bonds is 4. The van der Waals surface area contributed by atoms with E-state index >= 15 is 0 Å². The smallest absolute Gasteiger partial charge is 0.124 e. The maximum Gasteiger partial charge on any atom is 0.124 e. The summed E-state index contributed by atoms with van der Waals surface area (Å²) in [4.78, 5) is 0. The van der Waals surface area contributed by atoms with Crippen molar-refractivity contribution >= 4 is 0 Å². The van der Waals surface area contributed by atoms with Gasteiger partial charge in [0.05, 0.1) is 20.0 Å². The third-order valence-corrected chi connectivity index (χ3v) is 2.97. The van der Waals surface area contributed by atoms with Gasteiger partial charge < -0.3 is 19.3 Å². The van der Waals surface area contributed by atoms with Crippen LogP contribution in [0, 0.1) is 0 Å². The Morgan fingerprint density at radius 3 is 2.61 bits per heavy atom. The molecule has 0 spiro atoms. The van der Waals surface area contributed by atoms with Gasteiger partial charge in [-0.2, -0.15) is 0 Å². The molecule has 0 radical (unpaired) electrons. The molecule has 1 aliphatic heterocycles. The Bertz CT molecular complexity index is 399. The van der Waals surface area contributed by atoms with Gasteiger partial charge in [0.1, 0.15) is 24.1 Å². The van der Waals surface area contributed by atoms with Crippen molar-refractivity contribution in [1.82, 2.24) is 0 Å². The van der Waals surface area contributed by atoms with Crippen molar-refractivity contribution in [3.8, 4) is 5.75 Å². The van der Waals surface area contributed by atoms with Crippen LogP contribution in [0.15, 0.2) is 36.6 Å². The van der Waals surface area contributed by atoms with Gasteiger partial charge in [-0.25, -0.2) is 0 Å². The van der Waals surface area contributed by atoms with E-state index in [0.717, 1.165) is 11.3 Å². The molecule has 0 saturated carbocycles. The molecule has 1 aromatic carbocycles. The van der Waals surface area contributed by atoms with Crippen molar-refractivity contribution in [3.63, 3.8) is 0 Å². The average Bonchev–Trinajstić information content (AvgIpc) is 2.39. The van der Waals surface area contributed by atoms with Gasteiger partial charge in [0.25, 0.3) is 0 Å². The van der Waals surface area contributed by atoms with Gasteiger partial charge in [-0.15, -0.1) is 0 Å². The number of aliphatic hydroxyl groups excluding tert-OH is 1. The number of benzene rings is 1. The van der Waals surface area contributed by atoms with Crippen LogP contribution in [0.1, 0.15) is 12.5 Å². The van der Waals surface area contributed by atoms with E-state index in [1.54, 1.807) is 13.2 Å². The lowest BCUT2D eigenvalue weighted by Gasteiger charge is -2.29. The molecule has 0 aliphatic carbocycles. The molecule has 2 rings (SSSR count). The highest BCUT2D eigenvalue weighted by Crippen LogP contribution is 2.18. The second-order valence-corrected chi connectivity index (χ2v) is 4.28. The molecule has 4 heteroatoms. The normalized spacial score (nSPS) is 26.7. The van der Waals surface area contributed by atoms with Crippen LogP contribution in [-0.4, -0.2) is 30.5 Å². The summed E-state index contributed by atoms with van der Waals surface area (Å²) in [6.07, 6.45) is 2.01. The highest BCUT2D eigenvalue weighted by molar-refractivity contribution is 5.26. The Morgan fingerprint density at radius 2 is 2.00 bits per heavy atom. The van der Waals surface area contributed by atoms with E-state index in [1.807, 2.05) is 31.2 Å². The van der Waals surface area contributed by atoms with E-state index in [4.69, 9.17) is 14.2 Å². The first-order valence-electron chi connectivity index (χ1n) is 5.95. The number of aliphatic hydroxyl groups is 1. The van der Waals surface area contributed by atoms with Gasteiger partial charge in [-0.3, -0.25) is 0 Å². The van der Waals surface area contributed by atoms with E-state index in [9.17, 15) is 5.11 Å². The molecule has 0 unspecified atom stereocenters. The van der Waals surface area contributed by atoms with E-state index < -0.39 is 6.10 Å². The first-order chi connectivity index (χ1) is 8.70. The SMILES string of the molecule is COc1ccc(CO[C@H]2[C@@H](O)C=CO[C@@H]2C)cc1. The summed E-state index contributed by atoms with van der Waals surface area (Å²) in [6.45, 7) is 2.32. The lowest BCUT2D eigenvalue weighted by molar-refractivity contribution is -0.102. The van der Waals surface area contributed by atoms with Gasteiger partial charge in [0, 0.05) is 0 Å². The largest absolute Gasteiger partial charge is 0.497 e. The van der Waals surface area contributed by atoms with Gasteiger partial charge >= 0.3 is 0 Å². The van der Waals surface area contributed by atoms with Crippen LogP contribution >= 0.6 is 0 Å². The number of hydrogen-bond donors (Lipinski definition) is 1. The van der Waals surface area contributed by atoms with E-state index in [2.05, 4.69) is 0 Å². The summed E-state index contributed by atoms with van der Waals surface area (Å²) in [5.74, 6) is 0.816. The maximum atomic E-state index is 9.79. The molecule has 1 N–H and O–H groups in total. The van der Waals surface area contributed by atoms with Gasteiger partial charge in [0.2, 0.25) is 0 Å². The predicted octanol–water partition coefficient (Wildman–Crippen LogP) is 1.87. The van der Waals surface area contributed by atoms with E-state index in [0.29, 0.717) is 6.61 Å². The molecule has 4 nitrogen and oxygen atoms in total. The van der Waals surface area contributed by atoms with Crippen molar-refractivity contribution in [2.24, 2.45) is 0 Å². The zero-order valence-electron chi connectivity index (χ0n) is 10.6. The third kappa shape index (κ3) is 3.03. The molecular weight excluding hydrogens is 232 g/mol. The maximum absolute atomic E-state index is 9.79. The molecule has 0 aromatic heterocycles. The second kappa shape index (κ2) is 5.89. The molecule has 0 bridgehead atoms. The van der Waals surface area contributed by atoms with Crippen LogP contribution in [0.2, 0.25) is 0 Å². The Hall–Kier alpha value is -1.52. The summed E-state index contributed by atoms with van der Waals surface area (Å²) in [7, 11) is 1.63.